The highest BCUT2D eigenvalue weighted by molar-refractivity contribution is 5.89. The van der Waals surface area contributed by atoms with Crippen molar-refractivity contribution in [3.05, 3.63) is 53.1 Å². The highest BCUT2D eigenvalue weighted by Gasteiger charge is 2.12. The van der Waals surface area contributed by atoms with Gasteiger partial charge in [-0.3, -0.25) is 0 Å². The lowest BCUT2D eigenvalue weighted by molar-refractivity contribution is 0.0807. The van der Waals surface area contributed by atoms with E-state index in [-0.39, 0.29) is 5.92 Å². The summed E-state index contributed by atoms with van der Waals surface area (Å²) in [5, 5.41) is 10.5. The number of anilines is 3. The molecule has 0 spiro atoms. The van der Waals surface area contributed by atoms with Crippen molar-refractivity contribution in [3.63, 3.8) is 0 Å². The number of nitrogens with two attached hydrogens (primary N) is 1. The summed E-state index contributed by atoms with van der Waals surface area (Å²) in [6.45, 7) is 1.41. The fourth-order valence-electron chi connectivity index (χ4n) is 2.72. The van der Waals surface area contributed by atoms with Crippen LogP contribution < -0.4 is 11.1 Å². The van der Waals surface area contributed by atoms with Crippen LogP contribution in [0.4, 0.5) is 25.8 Å². The summed E-state index contributed by atoms with van der Waals surface area (Å²) >= 11 is 0. The molecule has 1 aliphatic rings. The molecular formula is C20H19F2N3O. The zero-order valence-electron chi connectivity index (χ0n) is 14.1. The maximum absolute atomic E-state index is 13.5. The van der Waals surface area contributed by atoms with Gasteiger partial charge in [0.15, 0.2) is 11.6 Å². The first-order valence-corrected chi connectivity index (χ1v) is 8.32. The van der Waals surface area contributed by atoms with Crippen LogP contribution in [-0.4, -0.2) is 19.4 Å². The van der Waals surface area contributed by atoms with Crippen LogP contribution in [0, 0.1) is 34.8 Å². The molecule has 134 valence electrons. The Kier molecular flexibility index (Phi) is 5.49. The second kappa shape index (κ2) is 7.98. The molecule has 0 amide bonds. The average Bonchev–Trinajstić information content (AvgIpc) is 2.65. The largest absolute Gasteiger partial charge is 0.398 e. The number of rotatable bonds is 3. The monoisotopic (exact) mass is 355 g/mol. The smallest absolute Gasteiger partial charge is 0.160 e. The van der Waals surface area contributed by atoms with Gasteiger partial charge in [-0.05, 0) is 37.1 Å². The van der Waals surface area contributed by atoms with Crippen LogP contribution in [0.2, 0.25) is 0 Å². The summed E-state index contributed by atoms with van der Waals surface area (Å²) in [6, 6.07) is 6.94. The second-order valence-electron chi connectivity index (χ2n) is 6.08. The van der Waals surface area contributed by atoms with Gasteiger partial charge < -0.3 is 21.2 Å². The lowest BCUT2D eigenvalue weighted by Crippen LogP contribution is -2.13. The van der Waals surface area contributed by atoms with Gasteiger partial charge in [0.2, 0.25) is 0 Å². The first-order valence-electron chi connectivity index (χ1n) is 8.32. The van der Waals surface area contributed by atoms with Crippen LogP contribution in [0.25, 0.3) is 0 Å². The van der Waals surface area contributed by atoms with Crippen LogP contribution in [0.5, 0.6) is 0 Å². The molecule has 4 N–H and O–H groups in total. The van der Waals surface area contributed by atoms with E-state index < -0.39 is 11.6 Å². The van der Waals surface area contributed by atoms with E-state index in [0.29, 0.717) is 41.4 Å². The zero-order valence-corrected chi connectivity index (χ0v) is 14.1. The van der Waals surface area contributed by atoms with Crippen LogP contribution >= 0.6 is 0 Å². The van der Waals surface area contributed by atoms with E-state index in [2.05, 4.69) is 17.2 Å². The van der Waals surface area contributed by atoms with Gasteiger partial charge in [0.25, 0.3) is 0 Å². The number of nitrogens with one attached hydrogen (secondary N) is 2. The summed E-state index contributed by atoms with van der Waals surface area (Å²) in [5.41, 5.74) is 8.54. The molecule has 3 rings (SSSR count). The fraction of sp³-hybridized carbons (Fsp3) is 0.250. The molecule has 0 radical (unpaired) electrons. The van der Waals surface area contributed by atoms with Crippen molar-refractivity contribution in [1.29, 1.82) is 5.41 Å². The quantitative estimate of drug-likeness (QED) is 0.442. The fourth-order valence-corrected chi connectivity index (χ4v) is 2.72. The average molecular weight is 355 g/mol. The van der Waals surface area contributed by atoms with E-state index in [1.165, 1.54) is 6.07 Å². The van der Waals surface area contributed by atoms with Crippen molar-refractivity contribution < 1.29 is 13.5 Å². The van der Waals surface area contributed by atoms with Gasteiger partial charge in [0.1, 0.15) is 0 Å². The summed E-state index contributed by atoms with van der Waals surface area (Å²) in [4.78, 5) is 0. The van der Waals surface area contributed by atoms with Crippen LogP contribution in [-0.2, 0) is 4.74 Å². The maximum atomic E-state index is 13.5. The Hall–Kier alpha value is -2.91. The third-order valence-corrected chi connectivity index (χ3v) is 4.21. The number of ether oxygens (including phenoxy) is 1. The standard InChI is InChI=1S/C20H19F2N3O/c21-17-4-3-16(11-18(17)22)25-20-10-15(12-23)19(24)9-14(20)2-1-13-5-7-26-8-6-13/h3-4,9-13,23,25H,5-8,24H2. The third kappa shape index (κ3) is 4.19. The van der Waals surface area contributed by atoms with E-state index in [0.717, 1.165) is 31.2 Å². The van der Waals surface area contributed by atoms with Crippen molar-refractivity contribution in [2.45, 2.75) is 12.8 Å². The summed E-state index contributed by atoms with van der Waals surface area (Å²) in [5.74, 6) is 4.77. The van der Waals surface area contributed by atoms with Gasteiger partial charge in [-0.25, -0.2) is 8.78 Å². The van der Waals surface area contributed by atoms with E-state index >= 15 is 0 Å². The molecule has 0 saturated carbocycles. The van der Waals surface area contributed by atoms with Crippen molar-refractivity contribution in [3.8, 4) is 11.8 Å². The predicted molar refractivity (Wildman–Crippen MR) is 98.8 cm³/mol. The Morgan fingerprint density at radius 2 is 1.92 bits per heavy atom. The molecule has 1 aliphatic heterocycles. The van der Waals surface area contributed by atoms with Gasteiger partial charge in [-0.1, -0.05) is 11.8 Å². The van der Waals surface area contributed by atoms with E-state index in [1.54, 1.807) is 12.1 Å². The predicted octanol–water partition coefficient (Wildman–Crippen LogP) is 4.07. The molecule has 0 unspecified atom stereocenters. The second-order valence-corrected chi connectivity index (χ2v) is 6.08. The molecule has 1 fully saturated rings. The van der Waals surface area contributed by atoms with Gasteiger partial charge in [0, 0.05) is 48.4 Å². The zero-order chi connectivity index (χ0) is 18.5. The van der Waals surface area contributed by atoms with Crippen LogP contribution in [0.1, 0.15) is 24.0 Å². The molecule has 26 heavy (non-hydrogen) atoms. The SMILES string of the molecule is N=Cc1cc(Nc2ccc(F)c(F)c2)c(C#CC2CCOCC2)cc1N. The summed E-state index contributed by atoms with van der Waals surface area (Å²) < 4.78 is 31.9. The maximum Gasteiger partial charge on any atom is 0.160 e. The Balaban J connectivity index is 1.94. The summed E-state index contributed by atoms with van der Waals surface area (Å²) in [6.07, 6.45) is 2.90. The molecule has 6 heteroatoms. The van der Waals surface area contributed by atoms with Gasteiger partial charge >= 0.3 is 0 Å². The van der Waals surface area contributed by atoms with E-state index in [4.69, 9.17) is 15.9 Å². The topological polar surface area (TPSA) is 71.1 Å². The molecule has 0 aliphatic carbocycles. The third-order valence-electron chi connectivity index (χ3n) is 4.21. The van der Waals surface area contributed by atoms with Crippen LogP contribution in [0.15, 0.2) is 30.3 Å². The summed E-state index contributed by atoms with van der Waals surface area (Å²) in [7, 11) is 0. The van der Waals surface area contributed by atoms with Crippen LogP contribution in [0.3, 0.4) is 0 Å². The number of hydrogen-bond acceptors (Lipinski definition) is 4. The Bertz CT molecular complexity index is 881. The minimum atomic E-state index is -0.937. The number of nitrogen functional groups attached to an aromatic ring is 1. The van der Waals surface area contributed by atoms with Crippen molar-refractivity contribution in [2.75, 3.05) is 24.3 Å². The number of benzene rings is 2. The van der Waals surface area contributed by atoms with Gasteiger partial charge in [-0.15, -0.1) is 0 Å². The lowest BCUT2D eigenvalue weighted by atomic mass is 10.00. The highest BCUT2D eigenvalue weighted by Crippen LogP contribution is 2.26. The minimum absolute atomic E-state index is 0.253. The van der Waals surface area contributed by atoms with E-state index in [9.17, 15) is 8.78 Å². The first-order chi connectivity index (χ1) is 12.6. The van der Waals surface area contributed by atoms with Crippen molar-refractivity contribution in [1.82, 2.24) is 0 Å². The molecule has 4 nitrogen and oxygen atoms in total. The lowest BCUT2D eigenvalue weighted by Gasteiger charge is -2.17. The molecule has 0 atom stereocenters. The Morgan fingerprint density at radius 3 is 2.62 bits per heavy atom. The van der Waals surface area contributed by atoms with E-state index in [1.807, 2.05) is 0 Å². The molecule has 0 bridgehead atoms. The molecular weight excluding hydrogens is 336 g/mol. The number of halogens is 2. The highest BCUT2D eigenvalue weighted by atomic mass is 19.2. The minimum Gasteiger partial charge on any atom is -0.398 e. The Labute approximate surface area is 150 Å². The first kappa shape index (κ1) is 17.9. The van der Waals surface area contributed by atoms with Crippen molar-refractivity contribution in [2.24, 2.45) is 5.92 Å². The number of hydrogen-bond donors (Lipinski definition) is 3. The van der Waals surface area contributed by atoms with Gasteiger partial charge in [0.05, 0.1) is 11.3 Å². The molecule has 1 saturated heterocycles. The molecule has 1 heterocycles. The molecule has 2 aromatic rings. The normalized spacial score (nSPS) is 14.4. The molecule has 2 aromatic carbocycles. The van der Waals surface area contributed by atoms with Crippen molar-refractivity contribution >= 4 is 23.3 Å². The molecule has 0 aromatic heterocycles. The Morgan fingerprint density at radius 1 is 1.15 bits per heavy atom. The van der Waals surface area contributed by atoms with Gasteiger partial charge in [-0.2, -0.15) is 0 Å².